The Kier molecular flexibility index (Phi) is 4.88. The van der Waals surface area contributed by atoms with Crippen LogP contribution in [-0.2, 0) is 12.4 Å². The van der Waals surface area contributed by atoms with Gasteiger partial charge in [-0.05, 0) is 0 Å². The number of carbonyl (C=O) groups excluding carboxylic acids is 1. The molecule has 0 atom stereocenters. The van der Waals surface area contributed by atoms with Gasteiger partial charge in [-0.1, -0.05) is 20.8 Å². The Morgan fingerprint density at radius 2 is 1.73 bits per heavy atom. The van der Waals surface area contributed by atoms with Crippen LogP contribution in [0.4, 0.5) is 0 Å². The van der Waals surface area contributed by atoms with Crippen LogP contribution >= 0.6 is 10.0 Å². The minimum Gasteiger partial charge on any atom is -0.464 e. The Morgan fingerprint density at radius 1 is 1.27 bits per heavy atom. The first kappa shape index (κ1) is 13.3. The van der Waals surface area contributed by atoms with E-state index in [1.807, 2.05) is 20.8 Å². The van der Waals surface area contributed by atoms with Crippen LogP contribution in [0.5, 0.6) is 0 Å². The van der Waals surface area contributed by atoms with Crippen molar-refractivity contribution in [2.45, 2.75) is 20.8 Å². The molecule has 15 heavy (non-hydrogen) atoms. The van der Waals surface area contributed by atoms with E-state index in [0.717, 1.165) is 0 Å². The summed E-state index contributed by atoms with van der Waals surface area (Å²) in [4.78, 5) is 13.7. The first-order chi connectivity index (χ1) is 6.91. The predicted molar refractivity (Wildman–Crippen MR) is 59.5 cm³/mol. The topological polar surface area (TPSA) is 38.8 Å². The fraction of sp³-hybridized carbons (Fsp3) is 0.889. The lowest BCUT2D eigenvalue weighted by atomic mass is 9.95. The summed E-state index contributed by atoms with van der Waals surface area (Å²) in [5.74, 6) is 0.129. The van der Waals surface area contributed by atoms with Crippen molar-refractivity contribution in [2.75, 3.05) is 26.3 Å². The SMILES string of the molecule is CC(C)(C)C(=O)N1CC[O][Al]([Cl])[O]CC1. The molecule has 0 aromatic heterocycles. The maximum Gasteiger partial charge on any atom is 0.813 e. The van der Waals surface area contributed by atoms with Crippen molar-refractivity contribution in [1.29, 1.82) is 0 Å². The summed E-state index contributed by atoms with van der Waals surface area (Å²) in [5, 5.41) is 0. The van der Waals surface area contributed by atoms with Crippen LogP contribution in [0.1, 0.15) is 20.8 Å². The number of halogens is 1. The summed E-state index contributed by atoms with van der Waals surface area (Å²) in [7, 11) is 5.80. The zero-order chi connectivity index (χ0) is 11.5. The number of carbonyl (C=O) groups is 1. The number of nitrogens with zero attached hydrogens (tertiary/aromatic N) is 1. The molecule has 1 aliphatic rings. The summed E-state index contributed by atoms with van der Waals surface area (Å²) >= 11 is -1.93. The summed E-state index contributed by atoms with van der Waals surface area (Å²) in [6.45, 7) is 7.90. The second kappa shape index (κ2) is 5.51. The van der Waals surface area contributed by atoms with E-state index >= 15 is 0 Å². The van der Waals surface area contributed by atoms with Gasteiger partial charge in [-0.3, -0.25) is 4.79 Å². The standard InChI is InChI=1S/C9H17NO3.Al.ClH/c1-9(2,3)8(13)10(4-6-11)5-7-12;;/h4-7H2,1-3H3;;1H/q-2;+3;/p-1. The smallest absolute Gasteiger partial charge is 0.464 e. The highest BCUT2D eigenvalue weighted by Gasteiger charge is 2.30. The third-order valence-corrected chi connectivity index (χ3v) is 3.90. The highest BCUT2D eigenvalue weighted by molar-refractivity contribution is 6.99. The average Bonchev–Trinajstić information content (AvgIpc) is 2.08. The van der Waals surface area contributed by atoms with Gasteiger partial charge in [0.2, 0.25) is 5.91 Å². The molecule has 1 heterocycles. The van der Waals surface area contributed by atoms with Crippen molar-refractivity contribution in [1.82, 2.24) is 4.90 Å². The predicted octanol–water partition coefficient (Wildman–Crippen LogP) is 1.13. The van der Waals surface area contributed by atoms with Crippen LogP contribution in [0.3, 0.4) is 0 Å². The van der Waals surface area contributed by atoms with E-state index in [2.05, 4.69) is 0 Å². The summed E-state index contributed by atoms with van der Waals surface area (Å²) in [6.07, 6.45) is 0. The van der Waals surface area contributed by atoms with Gasteiger partial charge in [0.05, 0.1) is 0 Å². The molecule has 1 saturated heterocycles. The molecule has 1 amide bonds. The molecule has 1 rings (SSSR count). The molecule has 0 radical (unpaired) electrons. The largest absolute Gasteiger partial charge is 0.813 e. The molecule has 6 heteroatoms. The Labute approximate surface area is 99.7 Å². The summed E-state index contributed by atoms with van der Waals surface area (Å²) in [6, 6.07) is 0. The maximum atomic E-state index is 12.0. The van der Waals surface area contributed by atoms with Gasteiger partial charge >= 0.3 is 13.9 Å². The van der Waals surface area contributed by atoms with Gasteiger partial charge in [-0.15, -0.1) is 0 Å². The number of rotatable bonds is 0. The Bertz CT molecular complexity index is 222. The summed E-state index contributed by atoms with van der Waals surface area (Å²) in [5.41, 5.74) is -0.350. The van der Waals surface area contributed by atoms with E-state index < -0.39 is 13.9 Å². The fourth-order valence-corrected chi connectivity index (χ4v) is 2.56. The van der Waals surface area contributed by atoms with Crippen molar-refractivity contribution in [3.63, 3.8) is 0 Å². The van der Waals surface area contributed by atoms with Crippen LogP contribution in [-0.4, -0.2) is 51.0 Å². The van der Waals surface area contributed by atoms with Gasteiger partial charge in [-0.25, -0.2) is 0 Å². The van der Waals surface area contributed by atoms with Crippen LogP contribution in [0.2, 0.25) is 0 Å². The zero-order valence-electron chi connectivity index (χ0n) is 9.46. The molecule has 1 fully saturated rings. The van der Waals surface area contributed by atoms with Crippen molar-refractivity contribution < 1.29 is 12.4 Å². The molecule has 0 N–H and O–H groups in total. The van der Waals surface area contributed by atoms with E-state index in [9.17, 15) is 4.79 Å². The van der Waals surface area contributed by atoms with E-state index in [1.54, 1.807) is 4.90 Å². The molecule has 0 aromatic carbocycles. The number of amides is 1. The lowest BCUT2D eigenvalue weighted by molar-refractivity contribution is -0.140. The molecule has 86 valence electrons. The summed E-state index contributed by atoms with van der Waals surface area (Å²) < 4.78 is 10.5. The third-order valence-electron chi connectivity index (χ3n) is 2.15. The zero-order valence-corrected chi connectivity index (χ0v) is 11.4. The van der Waals surface area contributed by atoms with Crippen LogP contribution in [0.15, 0.2) is 0 Å². The van der Waals surface area contributed by atoms with E-state index in [-0.39, 0.29) is 11.3 Å². The molecule has 1 aliphatic heterocycles. The highest BCUT2D eigenvalue weighted by Crippen LogP contribution is 2.17. The third kappa shape index (κ3) is 4.30. The minimum atomic E-state index is -1.93. The maximum absolute atomic E-state index is 12.0. The second-order valence-corrected chi connectivity index (χ2v) is 6.84. The normalized spacial score (nSPS) is 19.7. The quantitative estimate of drug-likeness (QED) is 0.604. The minimum absolute atomic E-state index is 0.129. The van der Waals surface area contributed by atoms with E-state index in [1.165, 1.54) is 0 Å². The fourth-order valence-electron chi connectivity index (χ4n) is 1.35. The molecule has 0 bridgehead atoms. The van der Waals surface area contributed by atoms with E-state index in [0.29, 0.717) is 26.3 Å². The Hall–Kier alpha value is 0.212. The lowest BCUT2D eigenvalue weighted by Crippen LogP contribution is -2.45. The molecule has 0 aliphatic carbocycles. The monoisotopic (exact) mass is 249 g/mol. The van der Waals surface area contributed by atoms with Gasteiger partial charge in [0, 0.05) is 31.7 Å². The van der Waals surface area contributed by atoms with Gasteiger partial charge in [0.15, 0.2) is 0 Å². The van der Waals surface area contributed by atoms with Crippen LogP contribution < -0.4 is 0 Å². The first-order valence-electron chi connectivity index (χ1n) is 5.08. The first-order valence-corrected chi connectivity index (χ1v) is 7.77. The van der Waals surface area contributed by atoms with Gasteiger partial charge in [0.1, 0.15) is 0 Å². The molecular formula is C9H17AlClNO3. The van der Waals surface area contributed by atoms with Crippen LogP contribution in [0.25, 0.3) is 0 Å². The molecule has 0 saturated carbocycles. The Morgan fingerprint density at radius 3 is 2.13 bits per heavy atom. The lowest BCUT2D eigenvalue weighted by Gasteiger charge is -2.31. The molecule has 0 spiro atoms. The Balaban J connectivity index is 2.52. The molecule has 4 nitrogen and oxygen atoms in total. The van der Waals surface area contributed by atoms with Crippen molar-refractivity contribution in [3.8, 4) is 0 Å². The number of hydrogen-bond acceptors (Lipinski definition) is 3. The molecular weight excluding hydrogens is 233 g/mol. The van der Waals surface area contributed by atoms with Crippen molar-refractivity contribution >= 4 is 29.9 Å². The van der Waals surface area contributed by atoms with Gasteiger partial charge in [0.25, 0.3) is 0 Å². The number of hydrogen-bond donors (Lipinski definition) is 0. The van der Waals surface area contributed by atoms with Crippen LogP contribution in [0, 0.1) is 5.41 Å². The second-order valence-electron chi connectivity index (χ2n) is 4.56. The highest BCUT2D eigenvalue weighted by atomic mass is 35.6. The van der Waals surface area contributed by atoms with Gasteiger partial charge < -0.3 is 12.5 Å². The molecule has 0 unspecified atom stereocenters. The van der Waals surface area contributed by atoms with Crippen molar-refractivity contribution in [3.05, 3.63) is 0 Å². The molecule has 0 aromatic rings. The van der Waals surface area contributed by atoms with Crippen molar-refractivity contribution in [2.24, 2.45) is 5.41 Å². The van der Waals surface area contributed by atoms with Gasteiger partial charge in [-0.2, -0.15) is 10.0 Å². The average molecular weight is 250 g/mol. The van der Waals surface area contributed by atoms with E-state index in [4.69, 9.17) is 17.6 Å².